The van der Waals surface area contributed by atoms with Gasteiger partial charge >= 0.3 is 5.43 Å². The Hall–Kier alpha value is -0.840. The number of carbonyl (C=O) groups is 1. The van der Waals surface area contributed by atoms with E-state index in [-0.39, 0.29) is 12.5 Å². The molecule has 5 heteroatoms. The highest BCUT2D eigenvalue weighted by Gasteiger charge is 2.29. The van der Waals surface area contributed by atoms with Crippen molar-refractivity contribution in [2.75, 3.05) is 6.61 Å². The zero-order valence-electron chi connectivity index (χ0n) is 10.2. The van der Waals surface area contributed by atoms with Crippen LogP contribution >= 0.6 is 43.5 Å². The first kappa shape index (κ1) is 14.1. The molecule has 0 heterocycles. The molecule has 0 saturated heterocycles. The molecule has 0 unspecified atom stereocenters. The zero-order valence-corrected chi connectivity index (χ0v) is 14.1. The van der Waals surface area contributed by atoms with Crippen LogP contribution in [0.25, 0.3) is 11.1 Å². The smallest absolute Gasteiger partial charge is 0.403 e. The molecule has 20 heavy (non-hydrogen) atoms. The van der Waals surface area contributed by atoms with E-state index in [0.717, 1.165) is 20.1 Å². The minimum absolute atomic E-state index is 0.0118. The third-order valence-corrected chi connectivity index (χ3v) is 4.53. The third kappa shape index (κ3) is 2.52. The van der Waals surface area contributed by atoms with Crippen molar-refractivity contribution in [1.82, 2.24) is 0 Å². The summed E-state index contributed by atoms with van der Waals surface area (Å²) in [5, 5.41) is 0. The average Bonchev–Trinajstić information content (AvgIpc) is 2.68. The predicted molar refractivity (Wildman–Crippen MR) is 86.3 cm³/mol. The lowest BCUT2D eigenvalue weighted by Gasteiger charge is -2.13. The first-order chi connectivity index (χ1) is 9.56. The zero-order chi connectivity index (χ0) is 14.3. The van der Waals surface area contributed by atoms with E-state index in [2.05, 4.69) is 56.1 Å². The van der Waals surface area contributed by atoms with Crippen molar-refractivity contribution < 1.29 is 9.53 Å². The SMILES string of the molecule is O=C(Cl)OCC1c2cc(Br)ccc2-c2ccc(Br)cc21. The molecule has 0 radical (unpaired) electrons. The summed E-state index contributed by atoms with van der Waals surface area (Å²) in [6, 6.07) is 12.3. The third-order valence-electron chi connectivity index (χ3n) is 3.43. The number of hydrogen-bond acceptors (Lipinski definition) is 2. The molecule has 0 atom stereocenters. The van der Waals surface area contributed by atoms with E-state index in [1.54, 1.807) is 0 Å². The highest BCUT2D eigenvalue weighted by molar-refractivity contribution is 9.10. The molecule has 2 nitrogen and oxygen atoms in total. The van der Waals surface area contributed by atoms with Crippen molar-refractivity contribution in [2.45, 2.75) is 5.92 Å². The van der Waals surface area contributed by atoms with E-state index in [1.165, 1.54) is 11.1 Å². The van der Waals surface area contributed by atoms with Crippen LogP contribution in [0.3, 0.4) is 0 Å². The Morgan fingerprint density at radius 2 is 1.55 bits per heavy atom. The van der Waals surface area contributed by atoms with Crippen molar-refractivity contribution in [1.29, 1.82) is 0 Å². The number of carbonyl (C=O) groups excluding carboxylic acids is 1. The van der Waals surface area contributed by atoms with Crippen LogP contribution < -0.4 is 0 Å². The van der Waals surface area contributed by atoms with Crippen molar-refractivity contribution >= 4 is 48.9 Å². The van der Waals surface area contributed by atoms with Gasteiger partial charge in [0.1, 0.15) is 6.61 Å². The van der Waals surface area contributed by atoms with Crippen LogP contribution in [0, 0.1) is 0 Å². The average molecular weight is 416 g/mol. The summed E-state index contributed by atoms with van der Waals surface area (Å²) in [6.07, 6.45) is 0. The van der Waals surface area contributed by atoms with Crippen LogP contribution in [-0.4, -0.2) is 12.0 Å². The van der Waals surface area contributed by atoms with Gasteiger partial charge in [0.25, 0.3) is 0 Å². The molecular weight excluding hydrogens is 407 g/mol. The monoisotopic (exact) mass is 414 g/mol. The van der Waals surface area contributed by atoms with Gasteiger partial charge in [-0.2, -0.15) is 0 Å². The van der Waals surface area contributed by atoms with Crippen LogP contribution in [0.15, 0.2) is 45.3 Å². The molecular formula is C15H9Br2ClO2. The normalized spacial score (nSPS) is 12.9. The van der Waals surface area contributed by atoms with Crippen LogP contribution in [0.5, 0.6) is 0 Å². The van der Waals surface area contributed by atoms with E-state index in [0.29, 0.717) is 0 Å². The molecule has 2 aromatic rings. The number of halogens is 3. The maximum atomic E-state index is 10.9. The van der Waals surface area contributed by atoms with Crippen molar-refractivity contribution in [3.05, 3.63) is 56.5 Å². The lowest BCUT2D eigenvalue weighted by molar-refractivity contribution is 0.170. The number of rotatable bonds is 2. The van der Waals surface area contributed by atoms with Gasteiger partial charge in [0, 0.05) is 26.5 Å². The van der Waals surface area contributed by atoms with Crippen molar-refractivity contribution in [3.63, 3.8) is 0 Å². The largest absolute Gasteiger partial charge is 0.453 e. The maximum absolute atomic E-state index is 10.9. The molecule has 0 aliphatic heterocycles. The summed E-state index contributed by atoms with van der Waals surface area (Å²) in [6.45, 7) is 0.245. The second-order valence-electron chi connectivity index (χ2n) is 4.56. The van der Waals surface area contributed by atoms with Gasteiger partial charge in [0.2, 0.25) is 0 Å². The second kappa shape index (κ2) is 5.51. The summed E-state index contributed by atoms with van der Waals surface area (Å²) >= 11 is 12.3. The van der Waals surface area contributed by atoms with Crippen LogP contribution in [0.2, 0.25) is 0 Å². The van der Waals surface area contributed by atoms with Gasteiger partial charge in [-0.05, 0) is 46.5 Å². The van der Waals surface area contributed by atoms with E-state index >= 15 is 0 Å². The minimum Gasteiger partial charge on any atom is -0.453 e. The molecule has 2 aromatic carbocycles. The molecule has 1 aliphatic rings. The first-order valence-electron chi connectivity index (χ1n) is 5.98. The van der Waals surface area contributed by atoms with E-state index in [1.807, 2.05) is 12.1 Å². The van der Waals surface area contributed by atoms with Gasteiger partial charge in [-0.15, -0.1) is 0 Å². The molecule has 0 aromatic heterocycles. The van der Waals surface area contributed by atoms with Gasteiger partial charge in [-0.1, -0.05) is 44.0 Å². The molecule has 1 aliphatic carbocycles. The van der Waals surface area contributed by atoms with Gasteiger partial charge in [-0.25, -0.2) is 4.79 Å². The molecule has 0 saturated carbocycles. The Bertz CT molecular complexity index is 649. The number of hydrogen-bond donors (Lipinski definition) is 0. The Labute approximate surface area is 138 Å². The van der Waals surface area contributed by atoms with Crippen LogP contribution in [0.1, 0.15) is 17.0 Å². The summed E-state index contributed by atoms with van der Waals surface area (Å²) in [7, 11) is 0. The first-order valence-corrected chi connectivity index (χ1v) is 7.94. The highest BCUT2D eigenvalue weighted by atomic mass is 79.9. The van der Waals surface area contributed by atoms with Gasteiger partial charge in [0.15, 0.2) is 0 Å². The molecule has 0 amide bonds. The van der Waals surface area contributed by atoms with Gasteiger partial charge < -0.3 is 4.74 Å². The summed E-state index contributed by atoms with van der Waals surface area (Å²) in [5.74, 6) is 0.0118. The fourth-order valence-corrected chi connectivity index (χ4v) is 3.45. The number of benzene rings is 2. The molecule has 0 fully saturated rings. The highest BCUT2D eigenvalue weighted by Crippen LogP contribution is 2.46. The number of fused-ring (bicyclic) bond motifs is 3. The Morgan fingerprint density at radius 1 is 1.05 bits per heavy atom. The second-order valence-corrected chi connectivity index (χ2v) is 6.70. The number of ether oxygens (including phenoxy) is 1. The summed E-state index contributed by atoms with van der Waals surface area (Å²) in [5.41, 5.74) is 3.86. The standard InChI is InChI=1S/C15H9Br2ClO2/c16-8-1-3-10-11-4-2-9(17)6-13(11)14(12(10)5-8)7-20-15(18)19/h1-6,14H,7H2. The lowest BCUT2D eigenvalue weighted by atomic mass is 9.98. The van der Waals surface area contributed by atoms with E-state index in [4.69, 9.17) is 16.3 Å². The van der Waals surface area contributed by atoms with Crippen molar-refractivity contribution in [3.8, 4) is 11.1 Å². The lowest BCUT2D eigenvalue weighted by Crippen LogP contribution is -2.08. The Balaban J connectivity index is 2.11. The molecule has 102 valence electrons. The predicted octanol–water partition coefficient (Wildman–Crippen LogP) is 5.70. The minimum atomic E-state index is -0.773. The van der Waals surface area contributed by atoms with Crippen LogP contribution in [-0.2, 0) is 4.74 Å². The van der Waals surface area contributed by atoms with Gasteiger partial charge in [0.05, 0.1) is 0 Å². The van der Waals surface area contributed by atoms with E-state index in [9.17, 15) is 4.79 Å². The van der Waals surface area contributed by atoms with Crippen molar-refractivity contribution in [2.24, 2.45) is 0 Å². The summed E-state index contributed by atoms with van der Waals surface area (Å²) in [4.78, 5) is 10.9. The Morgan fingerprint density at radius 3 is 2.00 bits per heavy atom. The van der Waals surface area contributed by atoms with Crippen LogP contribution in [0.4, 0.5) is 4.79 Å². The fourth-order valence-electron chi connectivity index (χ4n) is 2.63. The molecule has 0 spiro atoms. The fraction of sp³-hybridized carbons (Fsp3) is 0.133. The van der Waals surface area contributed by atoms with E-state index < -0.39 is 5.43 Å². The molecule has 0 bridgehead atoms. The maximum Gasteiger partial charge on any atom is 0.403 e. The topological polar surface area (TPSA) is 26.3 Å². The quantitative estimate of drug-likeness (QED) is 0.587. The Kier molecular flexibility index (Phi) is 3.89. The van der Waals surface area contributed by atoms with Gasteiger partial charge in [-0.3, -0.25) is 0 Å². The summed E-state index contributed by atoms with van der Waals surface area (Å²) < 4.78 is 7.02. The molecule has 0 N–H and O–H groups in total. The molecule has 3 rings (SSSR count).